The quantitative estimate of drug-likeness (QED) is 0.794. The lowest BCUT2D eigenvalue weighted by Gasteiger charge is -2.17. The molecule has 1 aromatic rings. The van der Waals surface area contributed by atoms with Crippen molar-refractivity contribution in [2.75, 3.05) is 6.54 Å². The molecular weight excluding hydrogens is 217 g/mol. The minimum absolute atomic E-state index is 0.196. The van der Waals surface area contributed by atoms with Crippen molar-refractivity contribution in [2.24, 2.45) is 5.92 Å². The third-order valence-corrected chi connectivity index (χ3v) is 3.30. The van der Waals surface area contributed by atoms with Crippen LogP contribution in [0.3, 0.4) is 0 Å². The molecule has 94 valence electrons. The smallest absolute Gasteiger partial charge is 0.123 e. The second-order valence-electron chi connectivity index (χ2n) is 5.04. The molecule has 0 spiro atoms. The van der Waals surface area contributed by atoms with Crippen molar-refractivity contribution < 1.29 is 9.50 Å². The number of halogens is 1. The van der Waals surface area contributed by atoms with Gasteiger partial charge in [-0.05, 0) is 49.8 Å². The van der Waals surface area contributed by atoms with E-state index in [0.29, 0.717) is 18.5 Å². The molecule has 2 nitrogen and oxygen atoms in total. The van der Waals surface area contributed by atoms with E-state index < -0.39 is 0 Å². The van der Waals surface area contributed by atoms with Gasteiger partial charge in [0.15, 0.2) is 0 Å². The van der Waals surface area contributed by atoms with E-state index in [-0.39, 0.29) is 11.9 Å². The summed E-state index contributed by atoms with van der Waals surface area (Å²) in [6.45, 7) is 2.75. The van der Waals surface area contributed by atoms with Crippen LogP contribution < -0.4 is 5.32 Å². The number of nitrogens with one attached hydrogen (secondary N) is 1. The Labute approximate surface area is 102 Å². The molecule has 0 saturated heterocycles. The van der Waals surface area contributed by atoms with Gasteiger partial charge in [0.2, 0.25) is 0 Å². The Morgan fingerprint density at radius 3 is 2.59 bits per heavy atom. The van der Waals surface area contributed by atoms with Crippen LogP contribution in [0.2, 0.25) is 0 Å². The Bertz CT molecular complexity index is 348. The Balaban J connectivity index is 1.72. The Morgan fingerprint density at radius 1 is 1.35 bits per heavy atom. The van der Waals surface area contributed by atoms with Crippen LogP contribution >= 0.6 is 0 Å². The van der Waals surface area contributed by atoms with Gasteiger partial charge in [-0.1, -0.05) is 12.1 Å². The van der Waals surface area contributed by atoms with E-state index in [4.69, 9.17) is 0 Å². The average Bonchev–Trinajstić information content (AvgIpc) is 3.13. The van der Waals surface area contributed by atoms with Crippen molar-refractivity contribution >= 4 is 0 Å². The average molecular weight is 237 g/mol. The molecule has 1 aliphatic carbocycles. The number of hydrogen-bond acceptors (Lipinski definition) is 2. The van der Waals surface area contributed by atoms with Crippen molar-refractivity contribution in [1.82, 2.24) is 5.32 Å². The fourth-order valence-electron chi connectivity index (χ4n) is 2.02. The number of benzene rings is 1. The summed E-state index contributed by atoms with van der Waals surface area (Å²) in [5, 5.41) is 13.1. The molecule has 1 saturated carbocycles. The Morgan fingerprint density at radius 2 is 2.00 bits per heavy atom. The molecule has 0 aliphatic heterocycles. The molecule has 2 N–H and O–H groups in total. The maximum Gasteiger partial charge on any atom is 0.123 e. The van der Waals surface area contributed by atoms with E-state index in [9.17, 15) is 9.50 Å². The molecule has 17 heavy (non-hydrogen) atoms. The predicted molar refractivity (Wildman–Crippen MR) is 66.3 cm³/mol. The van der Waals surface area contributed by atoms with Gasteiger partial charge >= 0.3 is 0 Å². The standard InChI is InChI=1S/C14H20FNO/c1-10(16-9-14(17)12-4-5-12)8-11-2-6-13(15)7-3-11/h2-3,6-7,10,12,14,16-17H,4-5,8-9H2,1H3. The summed E-state index contributed by atoms with van der Waals surface area (Å²) >= 11 is 0. The molecule has 0 bridgehead atoms. The zero-order chi connectivity index (χ0) is 12.3. The minimum atomic E-state index is -0.203. The van der Waals surface area contributed by atoms with E-state index in [0.717, 1.165) is 24.8 Å². The molecule has 1 aromatic carbocycles. The van der Waals surface area contributed by atoms with Crippen LogP contribution in [0.4, 0.5) is 4.39 Å². The minimum Gasteiger partial charge on any atom is -0.392 e. The fourth-order valence-corrected chi connectivity index (χ4v) is 2.02. The maximum absolute atomic E-state index is 12.7. The van der Waals surface area contributed by atoms with Gasteiger partial charge in [0.25, 0.3) is 0 Å². The molecule has 2 rings (SSSR count). The van der Waals surface area contributed by atoms with E-state index in [1.54, 1.807) is 0 Å². The van der Waals surface area contributed by atoms with Gasteiger partial charge in [0.1, 0.15) is 5.82 Å². The highest BCUT2D eigenvalue weighted by Gasteiger charge is 2.29. The molecule has 1 fully saturated rings. The molecule has 2 atom stereocenters. The first kappa shape index (κ1) is 12.5. The van der Waals surface area contributed by atoms with Gasteiger partial charge in [0.05, 0.1) is 6.10 Å². The number of rotatable bonds is 6. The Hall–Kier alpha value is -0.930. The first-order valence-corrected chi connectivity index (χ1v) is 6.31. The number of hydrogen-bond donors (Lipinski definition) is 2. The van der Waals surface area contributed by atoms with Crippen molar-refractivity contribution in [3.8, 4) is 0 Å². The van der Waals surface area contributed by atoms with E-state index in [1.807, 2.05) is 12.1 Å². The summed E-state index contributed by atoms with van der Waals surface area (Å²) in [6, 6.07) is 6.89. The van der Waals surface area contributed by atoms with Gasteiger partial charge in [-0.25, -0.2) is 4.39 Å². The molecule has 2 unspecified atom stereocenters. The molecule has 3 heteroatoms. The van der Waals surface area contributed by atoms with Gasteiger partial charge in [-0.15, -0.1) is 0 Å². The van der Waals surface area contributed by atoms with Crippen molar-refractivity contribution in [1.29, 1.82) is 0 Å². The summed E-state index contributed by atoms with van der Waals surface area (Å²) < 4.78 is 12.7. The third-order valence-electron chi connectivity index (χ3n) is 3.30. The van der Waals surface area contributed by atoms with Gasteiger partial charge in [-0.2, -0.15) is 0 Å². The first-order valence-electron chi connectivity index (χ1n) is 6.31. The zero-order valence-corrected chi connectivity index (χ0v) is 10.2. The monoisotopic (exact) mass is 237 g/mol. The highest BCUT2D eigenvalue weighted by Crippen LogP contribution is 2.32. The number of aliphatic hydroxyl groups is 1. The second kappa shape index (κ2) is 5.61. The molecular formula is C14H20FNO. The van der Waals surface area contributed by atoms with Crippen LogP contribution in [0, 0.1) is 11.7 Å². The second-order valence-corrected chi connectivity index (χ2v) is 5.04. The zero-order valence-electron chi connectivity index (χ0n) is 10.2. The van der Waals surface area contributed by atoms with E-state index in [2.05, 4.69) is 12.2 Å². The highest BCUT2D eigenvalue weighted by atomic mass is 19.1. The first-order chi connectivity index (χ1) is 8.15. The molecule has 1 aliphatic rings. The van der Waals surface area contributed by atoms with Crippen LogP contribution in [0.15, 0.2) is 24.3 Å². The molecule has 0 amide bonds. The molecule has 0 aromatic heterocycles. The SMILES string of the molecule is CC(Cc1ccc(F)cc1)NCC(O)C1CC1. The summed E-state index contributed by atoms with van der Waals surface area (Å²) in [7, 11) is 0. The van der Waals surface area contributed by atoms with E-state index in [1.165, 1.54) is 12.1 Å². The summed E-state index contributed by atoms with van der Waals surface area (Å²) in [5.74, 6) is 0.319. The molecule has 0 radical (unpaired) electrons. The number of aliphatic hydroxyl groups excluding tert-OH is 1. The van der Waals surface area contributed by atoms with Gasteiger partial charge in [-0.3, -0.25) is 0 Å². The summed E-state index contributed by atoms with van der Waals surface area (Å²) in [4.78, 5) is 0. The molecule has 0 heterocycles. The van der Waals surface area contributed by atoms with Crippen molar-refractivity contribution in [2.45, 2.75) is 38.3 Å². The van der Waals surface area contributed by atoms with Crippen LogP contribution in [0.5, 0.6) is 0 Å². The lowest BCUT2D eigenvalue weighted by atomic mass is 10.1. The van der Waals surface area contributed by atoms with Crippen LogP contribution in [-0.2, 0) is 6.42 Å². The summed E-state index contributed by atoms with van der Waals surface area (Å²) in [5.41, 5.74) is 1.12. The summed E-state index contributed by atoms with van der Waals surface area (Å²) in [6.07, 6.45) is 2.98. The Kier molecular flexibility index (Phi) is 4.13. The van der Waals surface area contributed by atoms with Gasteiger partial charge in [0, 0.05) is 12.6 Å². The maximum atomic E-state index is 12.7. The lowest BCUT2D eigenvalue weighted by Crippen LogP contribution is -2.35. The normalized spacial score (nSPS) is 19.0. The largest absolute Gasteiger partial charge is 0.392 e. The van der Waals surface area contributed by atoms with Crippen LogP contribution in [0.1, 0.15) is 25.3 Å². The highest BCUT2D eigenvalue weighted by molar-refractivity contribution is 5.16. The van der Waals surface area contributed by atoms with E-state index >= 15 is 0 Å². The fraction of sp³-hybridized carbons (Fsp3) is 0.571. The third kappa shape index (κ3) is 4.10. The lowest BCUT2D eigenvalue weighted by molar-refractivity contribution is 0.145. The predicted octanol–water partition coefficient (Wildman–Crippen LogP) is 2.12. The van der Waals surface area contributed by atoms with Gasteiger partial charge < -0.3 is 10.4 Å². The van der Waals surface area contributed by atoms with Crippen LogP contribution in [-0.4, -0.2) is 23.8 Å². The van der Waals surface area contributed by atoms with Crippen molar-refractivity contribution in [3.05, 3.63) is 35.6 Å². The van der Waals surface area contributed by atoms with Crippen LogP contribution in [0.25, 0.3) is 0 Å². The van der Waals surface area contributed by atoms with Crippen molar-refractivity contribution in [3.63, 3.8) is 0 Å². The topological polar surface area (TPSA) is 32.3 Å².